The van der Waals surface area contributed by atoms with Gasteiger partial charge in [-0.25, -0.2) is 4.39 Å². The Bertz CT molecular complexity index is 737. The molecule has 0 unspecified atom stereocenters. The number of benzene rings is 1. The van der Waals surface area contributed by atoms with Crippen molar-refractivity contribution in [1.82, 2.24) is 4.98 Å². The number of hydrogen-bond acceptors (Lipinski definition) is 2. The number of carbonyl (C=O) groups is 1. The van der Waals surface area contributed by atoms with Crippen molar-refractivity contribution in [3.05, 3.63) is 53.0 Å². The van der Waals surface area contributed by atoms with Crippen molar-refractivity contribution in [2.45, 2.75) is 19.0 Å². The lowest BCUT2D eigenvalue weighted by molar-refractivity contribution is -0.137. The van der Waals surface area contributed by atoms with Crippen molar-refractivity contribution in [1.29, 1.82) is 0 Å². The summed E-state index contributed by atoms with van der Waals surface area (Å²) in [4.78, 5) is 15.7. The van der Waals surface area contributed by atoms with Crippen LogP contribution in [0.2, 0.25) is 0 Å². The maximum atomic E-state index is 14.0. The van der Waals surface area contributed by atoms with E-state index in [1.54, 1.807) is 6.07 Å². The molecule has 0 saturated carbocycles. The van der Waals surface area contributed by atoms with Crippen LogP contribution in [0.4, 0.5) is 17.6 Å². The van der Waals surface area contributed by atoms with Gasteiger partial charge in [0.15, 0.2) is 5.78 Å². The molecule has 0 N–H and O–H groups in total. The summed E-state index contributed by atoms with van der Waals surface area (Å²) in [5.41, 5.74) is 0.243. The summed E-state index contributed by atoms with van der Waals surface area (Å²) in [5.74, 6) is -1.05. The fourth-order valence-corrected chi connectivity index (χ4v) is 2.50. The summed E-state index contributed by atoms with van der Waals surface area (Å²) in [6, 6.07) is 3.88. The first-order valence-electron chi connectivity index (χ1n) is 6.26. The number of halogens is 4. The third kappa shape index (κ3) is 2.30. The van der Waals surface area contributed by atoms with E-state index in [0.29, 0.717) is 30.0 Å². The highest BCUT2D eigenvalue weighted by Crippen LogP contribution is 2.35. The number of pyridine rings is 1. The van der Waals surface area contributed by atoms with E-state index < -0.39 is 17.6 Å². The summed E-state index contributed by atoms with van der Waals surface area (Å²) >= 11 is 0. The number of ketones is 1. The van der Waals surface area contributed by atoms with E-state index in [0.717, 1.165) is 12.1 Å². The van der Waals surface area contributed by atoms with Crippen LogP contribution in [0.25, 0.3) is 11.3 Å². The molecule has 1 aromatic heterocycles. The third-order valence-electron chi connectivity index (χ3n) is 3.51. The van der Waals surface area contributed by atoms with Crippen LogP contribution in [0, 0.1) is 5.82 Å². The Morgan fingerprint density at radius 2 is 1.81 bits per heavy atom. The van der Waals surface area contributed by atoms with Gasteiger partial charge < -0.3 is 0 Å². The van der Waals surface area contributed by atoms with Crippen LogP contribution in [0.1, 0.15) is 27.9 Å². The predicted molar refractivity (Wildman–Crippen MR) is 67.3 cm³/mol. The molecule has 1 aliphatic rings. The van der Waals surface area contributed by atoms with E-state index in [-0.39, 0.29) is 17.0 Å². The van der Waals surface area contributed by atoms with Crippen molar-refractivity contribution in [2.24, 2.45) is 0 Å². The normalized spacial score (nSPS) is 14.4. The molecule has 1 heterocycles. The minimum absolute atomic E-state index is 0.0189. The number of rotatable bonds is 1. The molecule has 0 atom stereocenters. The van der Waals surface area contributed by atoms with Gasteiger partial charge in [0.05, 0.1) is 11.3 Å². The molecule has 21 heavy (non-hydrogen) atoms. The molecule has 0 amide bonds. The highest BCUT2D eigenvalue weighted by Gasteiger charge is 2.32. The van der Waals surface area contributed by atoms with Crippen LogP contribution in [0.5, 0.6) is 0 Å². The Hall–Kier alpha value is -2.24. The monoisotopic (exact) mass is 295 g/mol. The summed E-state index contributed by atoms with van der Waals surface area (Å²) < 4.78 is 51.6. The van der Waals surface area contributed by atoms with Crippen LogP contribution in [0.15, 0.2) is 30.5 Å². The van der Waals surface area contributed by atoms with Gasteiger partial charge in [-0.15, -0.1) is 0 Å². The van der Waals surface area contributed by atoms with Gasteiger partial charge in [-0.3, -0.25) is 9.78 Å². The van der Waals surface area contributed by atoms with Crippen LogP contribution in [0.3, 0.4) is 0 Å². The van der Waals surface area contributed by atoms with Crippen LogP contribution >= 0.6 is 0 Å². The Labute approximate surface area is 117 Å². The summed E-state index contributed by atoms with van der Waals surface area (Å²) in [5, 5.41) is 0. The van der Waals surface area contributed by atoms with Gasteiger partial charge in [-0.05, 0) is 36.2 Å². The van der Waals surface area contributed by atoms with E-state index in [1.165, 1.54) is 6.20 Å². The Balaban J connectivity index is 2.13. The van der Waals surface area contributed by atoms with Crippen molar-refractivity contribution < 1.29 is 22.4 Å². The Morgan fingerprint density at radius 1 is 1.05 bits per heavy atom. The topological polar surface area (TPSA) is 30.0 Å². The SMILES string of the molecule is O=C1CCc2c1ccnc2-c1ccc(C(F)(F)F)cc1F. The molecule has 2 aromatic rings. The minimum Gasteiger partial charge on any atom is -0.294 e. The van der Waals surface area contributed by atoms with Gasteiger partial charge in [0.2, 0.25) is 0 Å². The lowest BCUT2D eigenvalue weighted by atomic mass is 10.0. The highest BCUT2D eigenvalue weighted by molar-refractivity contribution is 6.01. The molecule has 0 bridgehead atoms. The predicted octanol–water partition coefficient (Wildman–Crippen LogP) is 4.04. The standard InChI is InChI=1S/C15H9F4NO/c16-12-7-8(15(17,18)19)1-2-11(12)14-10-3-4-13(21)9(10)5-6-20-14/h1-2,5-7H,3-4H2. The van der Waals surface area contributed by atoms with E-state index in [4.69, 9.17) is 0 Å². The fraction of sp³-hybridized carbons (Fsp3) is 0.200. The first-order valence-corrected chi connectivity index (χ1v) is 6.26. The van der Waals surface area contributed by atoms with Crippen molar-refractivity contribution in [3.8, 4) is 11.3 Å². The highest BCUT2D eigenvalue weighted by atomic mass is 19.4. The second-order valence-corrected chi connectivity index (χ2v) is 4.80. The molecule has 2 nitrogen and oxygen atoms in total. The van der Waals surface area contributed by atoms with Gasteiger partial charge in [0.1, 0.15) is 5.82 Å². The summed E-state index contributed by atoms with van der Waals surface area (Å²) in [6.45, 7) is 0. The van der Waals surface area contributed by atoms with Gasteiger partial charge in [-0.1, -0.05) is 0 Å². The second-order valence-electron chi connectivity index (χ2n) is 4.80. The number of aromatic nitrogens is 1. The fourth-order valence-electron chi connectivity index (χ4n) is 2.50. The molecule has 0 fully saturated rings. The molecule has 1 aliphatic carbocycles. The molecule has 108 valence electrons. The molecule has 6 heteroatoms. The molecule has 0 spiro atoms. The number of fused-ring (bicyclic) bond motifs is 1. The number of alkyl halides is 3. The van der Waals surface area contributed by atoms with E-state index in [2.05, 4.69) is 4.98 Å². The van der Waals surface area contributed by atoms with Crippen molar-refractivity contribution in [3.63, 3.8) is 0 Å². The number of nitrogens with zero attached hydrogens (tertiary/aromatic N) is 1. The molecular weight excluding hydrogens is 286 g/mol. The molecule has 1 aromatic carbocycles. The maximum Gasteiger partial charge on any atom is 0.416 e. The van der Waals surface area contributed by atoms with Crippen molar-refractivity contribution >= 4 is 5.78 Å². The summed E-state index contributed by atoms with van der Waals surface area (Å²) in [6.07, 6.45) is -2.48. The summed E-state index contributed by atoms with van der Waals surface area (Å²) in [7, 11) is 0. The quantitative estimate of drug-likeness (QED) is 0.743. The largest absolute Gasteiger partial charge is 0.416 e. The lowest BCUT2D eigenvalue weighted by Crippen LogP contribution is -2.06. The average molecular weight is 295 g/mol. The lowest BCUT2D eigenvalue weighted by Gasteiger charge is -2.11. The maximum absolute atomic E-state index is 14.0. The van der Waals surface area contributed by atoms with E-state index in [9.17, 15) is 22.4 Å². The first-order chi connectivity index (χ1) is 9.88. The Morgan fingerprint density at radius 3 is 2.48 bits per heavy atom. The van der Waals surface area contributed by atoms with Gasteiger partial charge >= 0.3 is 6.18 Å². The zero-order valence-electron chi connectivity index (χ0n) is 10.7. The molecule has 0 saturated heterocycles. The third-order valence-corrected chi connectivity index (χ3v) is 3.51. The molecule has 0 aliphatic heterocycles. The van der Waals surface area contributed by atoms with Crippen molar-refractivity contribution in [2.75, 3.05) is 0 Å². The zero-order chi connectivity index (χ0) is 15.2. The van der Waals surface area contributed by atoms with E-state index >= 15 is 0 Å². The van der Waals surface area contributed by atoms with Gasteiger partial charge in [-0.2, -0.15) is 13.2 Å². The minimum atomic E-state index is -4.60. The van der Waals surface area contributed by atoms with Crippen LogP contribution < -0.4 is 0 Å². The van der Waals surface area contributed by atoms with Crippen LogP contribution in [-0.4, -0.2) is 10.8 Å². The smallest absolute Gasteiger partial charge is 0.294 e. The molecule has 0 radical (unpaired) electrons. The number of hydrogen-bond donors (Lipinski definition) is 0. The number of carbonyl (C=O) groups excluding carboxylic acids is 1. The Kier molecular flexibility index (Phi) is 3.04. The first kappa shape index (κ1) is 13.7. The zero-order valence-corrected chi connectivity index (χ0v) is 10.7. The molecular formula is C15H9F4NO. The number of Topliss-reactive ketones (excluding diaryl/α,β-unsaturated/α-hetero) is 1. The molecule has 3 rings (SSSR count). The van der Waals surface area contributed by atoms with E-state index in [1.807, 2.05) is 0 Å². The van der Waals surface area contributed by atoms with Crippen LogP contribution in [-0.2, 0) is 12.6 Å². The average Bonchev–Trinajstić information content (AvgIpc) is 2.80. The van der Waals surface area contributed by atoms with Gasteiger partial charge in [0.25, 0.3) is 0 Å². The second kappa shape index (κ2) is 4.65. The van der Waals surface area contributed by atoms with Gasteiger partial charge in [0, 0.05) is 23.7 Å².